The first-order valence-corrected chi connectivity index (χ1v) is 3.43. The molecule has 1 radical (unpaired) electrons. The minimum Gasteiger partial charge on any atom is -0.508 e. The maximum Gasteiger partial charge on any atom is 0.322 e. The first-order valence-electron chi connectivity index (χ1n) is 3.43. The molecule has 0 aliphatic heterocycles. The summed E-state index contributed by atoms with van der Waals surface area (Å²) in [5, 5.41) is 19.9. The largest absolute Gasteiger partial charge is 0.508 e. The quantitative estimate of drug-likeness (QED) is 0.479. The molecule has 0 aliphatic rings. The van der Waals surface area contributed by atoms with E-state index in [1.54, 1.807) is 12.1 Å². The monoisotopic (exact) mass is 190 g/mol. The molecule has 1 aromatic rings. The predicted molar refractivity (Wildman–Crippen MR) is 50.0 cm³/mol. The van der Waals surface area contributed by atoms with E-state index in [1.807, 2.05) is 0 Å². The number of carboxylic acid groups (broad SMARTS) is 1. The average molecular weight is 190 g/mol. The summed E-state index contributed by atoms with van der Waals surface area (Å²) in [6, 6.07) is 6.20. The molecule has 0 aliphatic carbocycles. The van der Waals surface area contributed by atoms with Crippen molar-refractivity contribution >= 4 is 41.2 Å². The molecule has 1 aromatic carbocycles. The van der Waals surface area contributed by atoms with Crippen LogP contribution in [0.1, 0.15) is 0 Å². The summed E-state index contributed by atoms with van der Waals surface area (Å²) in [4.78, 5) is 10.1. The van der Waals surface area contributed by atoms with Gasteiger partial charge in [-0.1, -0.05) is 0 Å². The molecular formula is C8H9NNaO3. The van der Waals surface area contributed by atoms with Crippen LogP contribution in [0.2, 0.25) is 0 Å². The molecule has 5 heteroatoms. The zero-order valence-corrected chi connectivity index (χ0v) is 9.32. The van der Waals surface area contributed by atoms with E-state index in [9.17, 15) is 4.79 Å². The topological polar surface area (TPSA) is 69.6 Å². The SMILES string of the molecule is O=C(O)CNc1ccc(O)cc1.[Na]. The number of benzene rings is 1. The summed E-state index contributed by atoms with van der Waals surface area (Å²) in [7, 11) is 0. The number of aromatic hydroxyl groups is 1. The first kappa shape index (κ1) is 12.3. The minimum atomic E-state index is -0.914. The van der Waals surface area contributed by atoms with Crippen LogP contribution in [-0.4, -0.2) is 52.3 Å². The van der Waals surface area contributed by atoms with Gasteiger partial charge in [0.15, 0.2) is 0 Å². The summed E-state index contributed by atoms with van der Waals surface area (Å²) in [6.07, 6.45) is 0. The number of carbonyl (C=O) groups is 1. The van der Waals surface area contributed by atoms with Crippen molar-refractivity contribution in [2.75, 3.05) is 11.9 Å². The van der Waals surface area contributed by atoms with Crippen LogP contribution < -0.4 is 5.32 Å². The van der Waals surface area contributed by atoms with Gasteiger partial charge in [0, 0.05) is 35.2 Å². The summed E-state index contributed by atoms with van der Waals surface area (Å²) in [5.41, 5.74) is 0.676. The molecule has 13 heavy (non-hydrogen) atoms. The van der Waals surface area contributed by atoms with Crippen molar-refractivity contribution in [3.8, 4) is 5.75 Å². The minimum absolute atomic E-state index is 0. The third-order valence-electron chi connectivity index (χ3n) is 1.31. The van der Waals surface area contributed by atoms with Crippen LogP contribution in [0.25, 0.3) is 0 Å². The number of hydrogen-bond acceptors (Lipinski definition) is 3. The van der Waals surface area contributed by atoms with Crippen LogP contribution in [-0.2, 0) is 4.79 Å². The Hall–Kier alpha value is -0.710. The predicted octanol–water partition coefficient (Wildman–Crippen LogP) is 0.508. The van der Waals surface area contributed by atoms with E-state index in [2.05, 4.69) is 5.32 Å². The van der Waals surface area contributed by atoms with Gasteiger partial charge in [0.05, 0.1) is 0 Å². The third-order valence-corrected chi connectivity index (χ3v) is 1.31. The van der Waals surface area contributed by atoms with E-state index >= 15 is 0 Å². The maximum atomic E-state index is 10.1. The molecule has 0 bridgehead atoms. The molecule has 0 saturated heterocycles. The Morgan fingerprint density at radius 2 is 1.85 bits per heavy atom. The van der Waals surface area contributed by atoms with E-state index < -0.39 is 5.97 Å². The zero-order valence-electron chi connectivity index (χ0n) is 7.32. The Bertz CT molecular complexity index is 273. The van der Waals surface area contributed by atoms with Crippen LogP contribution in [0.3, 0.4) is 0 Å². The van der Waals surface area contributed by atoms with Gasteiger partial charge < -0.3 is 15.5 Å². The van der Waals surface area contributed by atoms with Crippen molar-refractivity contribution in [2.45, 2.75) is 0 Å². The van der Waals surface area contributed by atoms with E-state index in [0.29, 0.717) is 5.69 Å². The smallest absolute Gasteiger partial charge is 0.322 e. The zero-order chi connectivity index (χ0) is 8.97. The Morgan fingerprint density at radius 1 is 1.31 bits per heavy atom. The Balaban J connectivity index is 0.00000144. The van der Waals surface area contributed by atoms with E-state index in [0.717, 1.165) is 0 Å². The van der Waals surface area contributed by atoms with Crippen molar-refractivity contribution in [3.63, 3.8) is 0 Å². The van der Waals surface area contributed by atoms with Gasteiger partial charge in [0.2, 0.25) is 0 Å². The molecule has 0 aromatic heterocycles. The second kappa shape index (κ2) is 5.85. The van der Waals surface area contributed by atoms with Gasteiger partial charge in [0.25, 0.3) is 0 Å². The molecule has 0 spiro atoms. The number of rotatable bonds is 3. The maximum absolute atomic E-state index is 10.1. The molecule has 0 atom stereocenters. The van der Waals surface area contributed by atoms with Crippen molar-refractivity contribution in [3.05, 3.63) is 24.3 Å². The van der Waals surface area contributed by atoms with Gasteiger partial charge >= 0.3 is 5.97 Å². The molecule has 3 N–H and O–H groups in total. The van der Waals surface area contributed by atoms with E-state index in [1.165, 1.54) is 12.1 Å². The van der Waals surface area contributed by atoms with Crippen LogP contribution in [0.4, 0.5) is 5.69 Å². The fourth-order valence-corrected chi connectivity index (χ4v) is 0.757. The Labute approximate surface area is 97.9 Å². The average Bonchev–Trinajstić information content (AvgIpc) is 2.03. The van der Waals surface area contributed by atoms with Gasteiger partial charge in [-0.25, -0.2) is 0 Å². The van der Waals surface area contributed by atoms with Crippen molar-refractivity contribution in [1.82, 2.24) is 0 Å². The van der Waals surface area contributed by atoms with Crippen LogP contribution in [0.15, 0.2) is 24.3 Å². The molecule has 4 nitrogen and oxygen atoms in total. The summed E-state index contributed by atoms with van der Waals surface area (Å²) >= 11 is 0. The van der Waals surface area contributed by atoms with Gasteiger partial charge in [-0.2, -0.15) is 0 Å². The van der Waals surface area contributed by atoms with Crippen molar-refractivity contribution in [1.29, 1.82) is 0 Å². The second-order valence-electron chi connectivity index (χ2n) is 2.29. The summed E-state index contributed by atoms with van der Waals surface area (Å²) in [6.45, 7) is -0.120. The van der Waals surface area contributed by atoms with Crippen molar-refractivity contribution in [2.24, 2.45) is 0 Å². The van der Waals surface area contributed by atoms with Gasteiger partial charge in [0.1, 0.15) is 12.3 Å². The van der Waals surface area contributed by atoms with Crippen LogP contribution in [0, 0.1) is 0 Å². The molecule has 65 valence electrons. The fourth-order valence-electron chi connectivity index (χ4n) is 0.757. The standard InChI is InChI=1S/C8H9NO3.Na/c10-7-3-1-6(2-4-7)9-5-8(11)12;/h1-4,9-10H,5H2,(H,11,12);. The Kier molecular flexibility index (Phi) is 5.53. The number of phenolic OH excluding ortho intramolecular Hbond substituents is 1. The van der Waals surface area contributed by atoms with Crippen LogP contribution in [0.5, 0.6) is 5.75 Å². The van der Waals surface area contributed by atoms with E-state index in [4.69, 9.17) is 10.2 Å². The summed E-state index contributed by atoms with van der Waals surface area (Å²) < 4.78 is 0. The number of carboxylic acids is 1. The van der Waals surface area contributed by atoms with Gasteiger partial charge in [-0.05, 0) is 24.3 Å². The number of anilines is 1. The molecular weight excluding hydrogens is 181 g/mol. The molecule has 0 heterocycles. The number of aliphatic carboxylic acids is 1. The second-order valence-corrected chi connectivity index (χ2v) is 2.29. The Morgan fingerprint density at radius 3 is 2.31 bits per heavy atom. The third kappa shape index (κ3) is 4.77. The molecule has 0 fully saturated rings. The fraction of sp³-hybridized carbons (Fsp3) is 0.125. The first-order chi connectivity index (χ1) is 5.68. The summed E-state index contributed by atoms with van der Waals surface area (Å²) in [5.74, 6) is -0.751. The van der Waals surface area contributed by atoms with Crippen molar-refractivity contribution < 1.29 is 15.0 Å². The van der Waals surface area contributed by atoms with Gasteiger partial charge in [-0.15, -0.1) is 0 Å². The number of hydrogen-bond donors (Lipinski definition) is 3. The number of phenols is 1. The molecule has 0 amide bonds. The van der Waals surface area contributed by atoms with Gasteiger partial charge in [-0.3, -0.25) is 4.79 Å². The normalized spacial score (nSPS) is 8.62. The van der Waals surface area contributed by atoms with E-state index in [-0.39, 0.29) is 41.9 Å². The van der Waals surface area contributed by atoms with Crippen LogP contribution >= 0.6 is 0 Å². The number of nitrogens with one attached hydrogen (secondary N) is 1. The molecule has 1 rings (SSSR count). The molecule has 0 unspecified atom stereocenters. The molecule has 0 saturated carbocycles.